The van der Waals surface area contributed by atoms with Crippen molar-refractivity contribution < 1.29 is 8.42 Å². The van der Waals surface area contributed by atoms with E-state index < -0.39 is 10.0 Å². The van der Waals surface area contributed by atoms with Gasteiger partial charge in [-0.25, -0.2) is 18.1 Å². The number of hydrogen-bond acceptors (Lipinski definition) is 5. The first-order valence-corrected chi connectivity index (χ1v) is 9.11. The Labute approximate surface area is 132 Å². The topological polar surface area (TPSA) is 87.7 Å². The highest BCUT2D eigenvalue weighted by molar-refractivity contribution is 7.89. The number of nitrogens with zero attached hydrogens (tertiary/aromatic N) is 2. The van der Waals surface area contributed by atoms with Gasteiger partial charge in [-0.05, 0) is 38.5 Å². The first kappa shape index (κ1) is 15.1. The van der Waals surface area contributed by atoms with Crippen LogP contribution in [-0.4, -0.2) is 30.1 Å². The van der Waals surface area contributed by atoms with Gasteiger partial charge in [0.2, 0.25) is 10.0 Å². The van der Waals surface area contributed by atoms with E-state index in [1.54, 1.807) is 35.7 Å². The zero-order chi connectivity index (χ0) is 15.7. The first-order chi connectivity index (χ1) is 10.5. The molecule has 0 fully saturated rings. The number of thiazole rings is 1. The molecule has 116 valence electrons. The molecule has 1 aromatic carbocycles. The predicted octanol–water partition coefficient (Wildman–Crippen LogP) is 2.16. The highest BCUT2D eigenvalue weighted by Crippen LogP contribution is 2.19. The van der Waals surface area contributed by atoms with Crippen LogP contribution in [-0.2, 0) is 16.4 Å². The molecule has 3 aromatic rings. The second-order valence-corrected chi connectivity index (χ2v) is 8.06. The third-order valence-corrected chi connectivity index (χ3v) is 5.96. The minimum Gasteiger partial charge on any atom is -0.278 e. The van der Waals surface area contributed by atoms with Gasteiger partial charge in [0.25, 0.3) is 0 Å². The molecule has 0 radical (unpaired) electrons. The van der Waals surface area contributed by atoms with Crippen molar-refractivity contribution in [3.63, 3.8) is 0 Å². The van der Waals surface area contributed by atoms with Gasteiger partial charge in [-0.3, -0.25) is 5.10 Å². The van der Waals surface area contributed by atoms with Gasteiger partial charge < -0.3 is 0 Å². The smallest absolute Gasteiger partial charge is 0.240 e. The number of fused-ring (bicyclic) bond motifs is 1. The summed E-state index contributed by atoms with van der Waals surface area (Å²) in [6.45, 7) is 4.25. The van der Waals surface area contributed by atoms with Crippen LogP contribution in [0.1, 0.15) is 15.6 Å². The van der Waals surface area contributed by atoms with Crippen LogP contribution in [0.5, 0.6) is 0 Å². The van der Waals surface area contributed by atoms with Gasteiger partial charge in [0.15, 0.2) is 0 Å². The van der Waals surface area contributed by atoms with Crippen LogP contribution < -0.4 is 4.72 Å². The minimum atomic E-state index is -3.52. The fraction of sp³-hybridized carbons (Fsp3) is 0.286. The standard InChI is InChI=1S/C14H16N4O2S2/c1-9-14(21-10(2)17-9)5-6-16-22(19,20)12-4-3-11-8-15-18-13(11)7-12/h3-4,7-8,16H,5-6H2,1-2H3,(H,15,18). The second-order valence-electron chi connectivity index (χ2n) is 5.01. The third kappa shape index (κ3) is 3.03. The van der Waals surface area contributed by atoms with E-state index in [0.29, 0.717) is 18.5 Å². The monoisotopic (exact) mass is 336 g/mol. The lowest BCUT2D eigenvalue weighted by Crippen LogP contribution is -2.25. The number of rotatable bonds is 5. The van der Waals surface area contributed by atoms with E-state index in [-0.39, 0.29) is 4.90 Å². The molecular weight excluding hydrogens is 320 g/mol. The molecule has 0 atom stereocenters. The van der Waals surface area contributed by atoms with E-state index in [0.717, 1.165) is 21.0 Å². The van der Waals surface area contributed by atoms with Crippen LogP contribution in [0.15, 0.2) is 29.3 Å². The molecule has 3 rings (SSSR count). The molecule has 2 aromatic heterocycles. The quantitative estimate of drug-likeness (QED) is 0.747. The number of hydrogen-bond donors (Lipinski definition) is 2. The summed E-state index contributed by atoms with van der Waals surface area (Å²) in [6.07, 6.45) is 2.30. The van der Waals surface area contributed by atoms with E-state index >= 15 is 0 Å². The Kier molecular flexibility index (Phi) is 3.98. The fourth-order valence-corrected chi connectivity index (χ4v) is 4.27. The summed E-state index contributed by atoms with van der Waals surface area (Å²) in [5, 5.41) is 8.55. The molecule has 0 spiro atoms. The van der Waals surface area contributed by atoms with Crippen LogP contribution in [0.3, 0.4) is 0 Å². The molecule has 6 nitrogen and oxygen atoms in total. The molecule has 0 bridgehead atoms. The lowest BCUT2D eigenvalue weighted by molar-refractivity contribution is 0.582. The summed E-state index contributed by atoms with van der Waals surface area (Å²) in [5.41, 5.74) is 1.68. The van der Waals surface area contributed by atoms with Crippen molar-refractivity contribution in [2.45, 2.75) is 25.2 Å². The Bertz CT molecular complexity index is 912. The SMILES string of the molecule is Cc1nc(C)c(CCNS(=O)(=O)c2ccc3cn[nH]c3c2)s1. The van der Waals surface area contributed by atoms with Crippen molar-refractivity contribution in [3.05, 3.63) is 40.0 Å². The summed E-state index contributed by atoms with van der Waals surface area (Å²) in [7, 11) is -3.52. The highest BCUT2D eigenvalue weighted by atomic mass is 32.2. The summed E-state index contributed by atoms with van der Waals surface area (Å²) in [4.78, 5) is 5.70. The molecule has 0 saturated carbocycles. The van der Waals surface area contributed by atoms with Crippen molar-refractivity contribution in [3.8, 4) is 0 Å². The summed E-state index contributed by atoms with van der Waals surface area (Å²) < 4.78 is 27.3. The minimum absolute atomic E-state index is 0.237. The van der Waals surface area contributed by atoms with E-state index in [1.165, 1.54) is 0 Å². The van der Waals surface area contributed by atoms with Gasteiger partial charge in [-0.1, -0.05) is 0 Å². The van der Waals surface area contributed by atoms with E-state index in [2.05, 4.69) is 19.9 Å². The molecule has 0 saturated heterocycles. The van der Waals surface area contributed by atoms with Crippen LogP contribution in [0.25, 0.3) is 10.9 Å². The molecule has 0 unspecified atom stereocenters. The normalized spacial score (nSPS) is 12.1. The maximum atomic E-state index is 12.3. The number of aryl methyl sites for hydroxylation is 2. The van der Waals surface area contributed by atoms with Crippen molar-refractivity contribution in [1.29, 1.82) is 0 Å². The van der Waals surface area contributed by atoms with E-state index in [9.17, 15) is 8.42 Å². The molecule has 0 amide bonds. The molecular formula is C14H16N4O2S2. The molecule has 0 aliphatic heterocycles. The molecule has 2 N–H and O–H groups in total. The second kappa shape index (κ2) is 5.79. The van der Waals surface area contributed by atoms with E-state index in [4.69, 9.17) is 0 Å². The Morgan fingerprint density at radius 3 is 2.86 bits per heavy atom. The zero-order valence-corrected chi connectivity index (χ0v) is 13.9. The van der Waals surface area contributed by atoms with Gasteiger partial charge in [-0.15, -0.1) is 11.3 Å². The fourth-order valence-electron chi connectivity index (χ4n) is 2.27. The van der Waals surface area contributed by atoms with Crippen molar-refractivity contribution in [1.82, 2.24) is 19.9 Å². The molecule has 0 aliphatic rings. The van der Waals surface area contributed by atoms with Crippen LogP contribution in [0.4, 0.5) is 0 Å². The predicted molar refractivity (Wildman–Crippen MR) is 86.6 cm³/mol. The largest absolute Gasteiger partial charge is 0.278 e. The third-order valence-electron chi connectivity index (χ3n) is 3.37. The lowest BCUT2D eigenvalue weighted by Gasteiger charge is -2.06. The molecule has 2 heterocycles. The van der Waals surface area contributed by atoms with Gasteiger partial charge in [0.05, 0.1) is 27.3 Å². The van der Waals surface area contributed by atoms with Crippen LogP contribution >= 0.6 is 11.3 Å². The van der Waals surface area contributed by atoms with Crippen molar-refractivity contribution >= 4 is 32.3 Å². The Hall–Kier alpha value is -1.77. The zero-order valence-electron chi connectivity index (χ0n) is 12.3. The number of H-pyrrole nitrogens is 1. The molecule has 22 heavy (non-hydrogen) atoms. The van der Waals surface area contributed by atoms with Crippen molar-refractivity contribution in [2.75, 3.05) is 6.54 Å². The first-order valence-electron chi connectivity index (χ1n) is 6.81. The summed E-state index contributed by atoms with van der Waals surface area (Å²) >= 11 is 1.60. The summed E-state index contributed by atoms with van der Waals surface area (Å²) in [6, 6.07) is 4.92. The maximum absolute atomic E-state index is 12.3. The molecule has 8 heteroatoms. The molecule has 0 aliphatic carbocycles. The number of benzene rings is 1. The highest BCUT2D eigenvalue weighted by Gasteiger charge is 2.15. The Morgan fingerprint density at radius 1 is 1.32 bits per heavy atom. The average molecular weight is 336 g/mol. The number of aromatic amines is 1. The lowest BCUT2D eigenvalue weighted by atomic mass is 10.3. The van der Waals surface area contributed by atoms with Crippen molar-refractivity contribution in [2.24, 2.45) is 0 Å². The Balaban J connectivity index is 1.71. The number of aromatic nitrogens is 3. The van der Waals surface area contributed by atoms with Gasteiger partial charge >= 0.3 is 0 Å². The number of sulfonamides is 1. The maximum Gasteiger partial charge on any atom is 0.240 e. The number of nitrogens with one attached hydrogen (secondary N) is 2. The van der Waals surface area contributed by atoms with Gasteiger partial charge in [-0.2, -0.15) is 5.10 Å². The summed E-state index contributed by atoms with van der Waals surface area (Å²) in [5.74, 6) is 0. The van der Waals surface area contributed by atoms with Crippen LogP contribution in [0, 0.1) is 13.8 Å². The van der Waals surface area contributed by atoms with E-state index in [1.807, 2.05) is 13.8 Å². The average Bonchev–Trinajstić information content (AvgIpc) is 3.04. The Morgan fingerprint density at radius 2 is 2.14 bits per heavy atom. The van der Waals surface area contributed by atoms with Gasteiger partial charge in [0.1, 0.15) is 0 Å². The van der Waals surface area contributed by atoms with Gasteiger partial charge in [0, 0.05) is 16.8 Å². The van der Waals surface area contributed by atoms with Crippen LogP contribution in [0.2, 0.25) is 0 Å².